The molecule has 0 bridgehead atoms. The van der Waals surface area contributed by atoms with Crippen molar-refractivity contribution in [3.05, 3.63) is 11.7 Å². The average molecular weight is 146 g/mol. The lowest BCUT2D eigenvalue weighted by molar-refractivity contribution is 0.370. The summed E-state index contributed by atoms with van der Waals surface area (Å²) in [4.78, 5) is 0. The van der Waals surface area contributed by atoms with E-state index < -0.39 is 6.08 Å². The second-order valence-electron chi connectivity index (χ2n) is 3.05. The zero-order valence-corrected chi connectivity index (χ0v) is 6.16. The summed E-state index contributed by atoms with van der Waals surface area (Å²) in [5, 5.41) is 0. The van der Waals surface area contributed by atoms with Gasteiger partial charge < -0.3 is 0 Å². The van der Waals surface area contributed by atoms with E-state index in [0.29, 0.717) is 24.3 Å². The highest BCUT2D eigenvalue weighted by Gasteiger charge is 2.15. The Labute approximate surface area is 59.9 Å². The third kappa shape index (κ3) is 1.79. The van der Waals surface area contributed by atoms with Gasteiger partial charge in [0, 0.05) is 0 Å². The van der Waals surface area contributed by atoms with Crippen LogP contribution in [0.1, 0.15) is 32.6 Å². The fraction of sp³-hybridized carbons (Fsp3) is 0.750. The third-order valence-electron chi connectivity index (χ3n) is 2.15. The van der Waals surface area contributed by atoms with Crippen molar-refractivity contribution >= 4 is 0 Å². The Morgan fingerprint density at radius 1 is 1.30 bits per heavy atom. The molecule has 0 unspecified atom stereocenters. The Hall–Kier alpha value is -0.400. The smallest absolute Gasteiger partial charge is 0.173 e. The van der Waals surface area contributed by atoms with Gasteiger partial charge in [0.15, 0.2) is 0 Å². The number of hydrogen-bond acceptors (Lipinski definition) is 0. The largest absolute Gasteiger partial charge is 0.269 e. The molecule has 1 aliphatic carbocycles. The van der Waals surface area contributed by atoms with Crippen LogP contribution in [0.2, 0.25) is 0 Å². The number of allylic oxidation sites excluding steroid dienone is 1. The Bertz CT molecular complexity index is 135. The van der Waals surface area contributed by atoms with Gasteiger partial charge in [-0.3, -0.25) is 0 Å². The van der Waals surface area contributed by atoms with Crippen LogP contribution in [0.3, 0.4) is 0 Å². The predicted molar refractivity (Wildman–Crippen MR) is 36.9 cm³/mol. The van der Waals surface area contributed by atoms with Gasteiger partial charge in [-0.1, -0.05) is 6.92 Å². The quantitative estimate of drug-likeness (QED) is 0.491. The van der Waals surface area contributed by atoms with Crippen LogP contribution in [0, 0.1) is 5.92 Å². The van der Waals surface area contributed by atoms with Gasteiger partial charge in [0.25, 0.3) is 6.08 Å². The second kappa shape index (κ2) is 3.13. The van der Waals surface area contributed by atoms with Crippen LogP contribution in [0.25, 0.3) is 0 Å². The molecule has 0 atom stereocenters. The molecular weight excluding hydrogens is 134 g/mol. The van der Waals surface area contributed by atoms with E-state index in [1.54, 1.807) is 0 Å². The van der Waals surface area contributed by atoms with E-state index in [1.807, 2.05) is 0 Å². The first kappa shape index (κ1) is 7.70. The second-order valence-corrected chi connectivity index (χ2v) is 3.05. The van der Waals surface area contributed by atoms with E-state index in [9.17, 15) is 8.78 Å². The average Bonchev–Trinajstić information content (AvgIpc) is 1.88. The van der Waals surface area contributed by atoms with Crippen LogP contribution in [-0.2, 0) is 0 Å². The van der Waals surface area contributed by atoms with E-state index in [-0.39, 0.29) is 0 Å². The van der Waals surface area contributed by atoms with Crippen molar-refractivity contribution in [2.75, 3.05) is 0 Å². The zero-order chi connectivity index (χ0) is 7.56. The molecule has 0 spiro atoms. The molecule has 1 saturated carbocycles. The Morgan fingerprint density at radius 2 is 1.80 bits per heavy atom. The van der Waals surface area contributed by atoms with Gasteiger partial charge >= 0.3 is 0 Å². The highest BCUT2D eigenvalue weighted by Crippen LogP contribution is 2.30. The molecule has 2 heteroatoms. The monoisotopic (exact) mass is 146 g/mol. The molecule has 0 radical (unpaired) electrons. The minimum Gasteiger partial charge on any atom is -0.173 e. The van der Waals surface area contributed by atoms with Crippen molar-refractivity contribution < 1.29 is 8.78 Å². The predicted octanol–water partition coefficient (Wildman–Crippen LogP) is 3.35. The van der Waals surface area contributed by atoms with Crippen molar-refractivity contribution in [1.29, 1.82) is 0 Å². The lowest BCUT2D eigenvalue weighted by Gasteiger charge is -2.18. The first-order valence-electron chi connectivity index (χ1n) is 3.73. The van der Waals surface area contributed by atoms with Crippen molar-refractivity contribution in [2.24, 2.45) is 5.92 Å². The molecule has 58 valence electrons. The highest BCUT2D eigenvalue weighted by atomic mass is 19.3. The van der Waals surface area contributed by atoms with E-state index in [1.165, 1.54) is 0 Å². The highest BCUT2D eigenvalue weighted by molar-refractivity contribution is 5.05. The minimum absolute atomic E-state index is 0.387. The first-order valence-corrected chi connectivity index (χ1v) is 3.73. The SMILES string of the molecule is CC1CCC(=C(F)F)CC1. The van der Waals surface area contributed by atoms with Crippen LogP contribution < -0.4 is 0 Å². The van der Waals surface area contributed by atoms with Gasteiger partial charge in [-0.05, 0) is 37.2 Å². The number of rotatable bonds is 0. The molecule has 1 rings (SSSR count). The standard InChI is InChI=1S/C8H12F2/c1-6-2-4-7(5-3-6)8(9)10/h6H,2-5H2,1H3. The topological polar surface area (TPSA) is 0 Å². The van der Waals surface area contributed by atoms with Crippen molar-refractivity contribution in [1.82, 2.24) is 0 Å². The van der Waals surface area contributed by atoms with Gasteiger partial charge in [0.05, 0.1) is 0 Å². The van der Waals surface area contributed by atoms with Crippen molar-refractivity contribution in [3.63, 3.8) is 0 Å². The maximum absolute atomic E-state index is 11.9. The molecule has 0 aliphatic heterocycles. The van der Waals surface area contributed by atoms with Gasteiger partial charge in [-0.2, -0.15) is 8.78 Å². The summed E-state index contributed by atoms with van der Waals surface area (Å²) in [5.74, 6) is 0.642. The van der Waals surface area contributed by atoms with Gasteiger partial charge in [0.1, 0.15) is 0 Å². The molecule has 0 saturated heterocycles. The summed E-state index contributed by atoms with van der Waals surface area (Å²) in [6, 6.07) is 0. The lowest BCUT2D eigenvalue weighted by atomic mass is 9.88. The first-order chi connectivity index (χ1) is 4.70. The Kier molecular flexibility index (Phi) is 2.41. The number of hydrogen-bond donors (Lipinski definition) is 0. The van der Waals surface area contributed by atoms with Crippen molar-refractivity contribution in [3.8, 4) is 0 Å². The molecule has 0 heterocycles. The fourth-order valence-corrected chi connectivity index (χ4v) is 1.30. The maximum atomic E-state index is 11.9. The lowest BCUT2D eigenvalue weighted by Crippen LogP contribution is -2.04. The Morgan fingerprint density at radius 3 is 2.20 bits per heavy atom. The summed E-state index contributed by atoms with van der Waals surface area (Å²) in [6.45, 7) is 2.12. The summed E-state index contributed by atoms with van der Waals surface area (Å²) in [5.41, 5.74) is 0.387. The molecule has 0 aromatic carbocycles. The van der Waals surface area contributed by atoms with Crippen molar-refractivity contribution in [2.45, 2.75) is 32.6 Å². The van der Waals surface area contributed by atoms with E-state index in [0.717, 1.165) is 12.8 Å². The summed E-state index contributed by atoms with van der Waals surface area (Å²) < 4.78 is 23.9. The van der Waals surface area contributed by atoms with Crippen LogP contribution in [0.15, 0.2) is 11.7 Å². The van der Waals surface area contributed by atoms with E-state index >= 15 is 0 Å². The molecule has 10 heavy (non-hydrogen) atoms. The molecule has 0 N–H and O–H groups in total. The number of halogens is 2. The van der Waals surface area contributed by atoms with Crippen LogP contribution >= 0.6 is 0 Å². The normalized spacial score (nSPS) is 26.7. The molecule has 1 fully saturated rings. The van der Waals surface area contributed by atoms with Gasteiger partial charge in [-0.15, -0.1) is 0 Å². The molecule has 0 amide bonds. The molecule has 0 nitrogen and oxygen atoms in total. The maximum Gasteiger partial charge on any atom is 0.269 e. The van der Waals surface area contributed by atoms with Crippen LogP contribution in [0.4, 0.5) is 8.78 Å². The third-order valence-corrected chi connectivity index (χ3v) is 2.15. The summed E-state index contributed by atoms with van der Waals surface area (Å²) >= 11 is 0. The minimum atomic E-state index is -1.44. The van der Waals surface area contributed by atoms with Crippen LogP contribution in [0.5, 0.6) is 0 Å². The van der Waals surface area contributed by atoms with Crippen LogP contribution in [-0.4, -0.2) is 0 Å². The fourth-order valence-electron chi connectivity index (χ4n) is 1.30. The molecule has 0 aromatic rings. The summed E-state index contributed by atoms with van der Waals surface area (Å²) in [7, 11) is 0. The molecule has 1 aliphatic rings. The van der Waals surface area contributed by atoms with E-state index in [4.69, 9.17) is 0 Å². The molecular formula is C8H12F2. The van der Waals surface area contributed by atoms with Gasteiger partial charge in [0.2, 0.25) is 0 Å². The Balaban J connectivity index is 2.48. The summed E-state index contributed by atoms with van der Waals surface area (Å²) in [6.07, 6.45) is 1.67. The van der Waals surface area contributed by atoms with Gasteiger partial charge in [-0.25, -0.2) is 0 Å². The van der Waals surface area contributed by atoms with E-state index in [2.05, 4.69) is 6.92 Å². The molecule has 0 aromatic heterocycles. The zero-order valence-electron chi connectivity index (χ0n) is 6.16.